The third kappa shape index (κ3) is 37.8. The number of ether oxygens (including phenoxy) is 1. The smallest absolute Gasteiger partial charge is 0.306 e. The van der Waals surface area contributed by atoms with Gasteiger partial charge in [-0.3, -0.25) is 9.59 Å². The molecule has 0 aromatic carbocycles. The van der Waals surface area contributed by atoms with Gasteiger partial charge < -0.3 is 9.84 Å². The molecule has 0 aliphatic heterocycles. The van der Waals surface area contributed by atoms with Crippen molar-refractivity contribution in [1.29, 1.82) is 0 Å². The second-order valence-corrected chi connectivity index (χ2v) is 13.1. The Hall–Kier alpha value is -2.62. The van der Waals surface area contributed by atoms with Crippen LogP contribution in [-0.2, 0) is 14.3 Å². The summed E-state index contributed by atoms with van der Waals surface area (Å²) in [5.74, 6) is -0.689. The van der Waals surface area contributed by atoms with Gasteiger partial charge in [0.1, 0.15) is 6.10 Å². The lowest BCUT2D eigenvalue weighted by Gasteiger charge is -2.17. The molecule has 0 bridgehead atoms. The molecule has 1 atom stereocenters. The van der Waals surface area contributed by atoms with Crippen LogP contribution < -0.4 is 0 Å². The monoisotopic (exact) mass is 667 g/mol. The van der Waals surface area contributed by atoms with Gasteiger partial charge in [0.15, 0.2) is 0 Å². The van der Waals surface area contributed by atoms with Crippen LogP contribution in [0.4, 0.5) is 0 Å². The molecule has 0 radical (unpaired) electrons. The van der Waals surface area contributed by atoms with Crippen LogP contribution in [0.3, 0.4) is 0 Å². The minimum Gasteiger partial charge on any atom is -0.481 e. The molecule has 0 aliphatic rings. The highest BCUT2D eigenvalue weighted by Gasteiger charge is 2.13. The van der Waals surface area contributed by atoms with Crippen molar-refractivity contribution < 1.29 is 19.4 Å². The maximum Gasteiger partial charge on any atom is 0.306 e. The maximum atomic E-state index is 12.4. The third-order valence-electron chi connectivity index (χ3n) is 8.42. The van der Waals surface area contributed by atoms with Crippen molar-refractivity contribution in [3.05, 3.63) is 72.9 Å². The summed E-state index contributed by atoms with van der Waals surface area (Å²) < 4.78 is 5.85. The lowest BCUT2D eigenvalue weighted by atomic mass is 10.0. The topological polar surface area (TPSA) is 63.6 Å². The van der Waals surface area contributed by atoms with Crippen LogP contribution in [0.15, 0.2) is 72.9 Å². The van der Waals surface area contributed by atoms with Crippen molar-refractivity contribution in [2.24, 2.45) is 0 Å². The van der Waals surface area contributed by atoms with E-state index in [2.05, 4.69) is 86.8 Å². The van der Waals surface area contributed by atoms with Crippen LogP contribution in [0, 0.1) is 0 Å². The van der Waals surface area contributed by atoms with E-state index in [1.807, 2.05) is 0 Å². The van der Waals surface area contributed by atoms with Gasteiger partial charge in [-0.2, -0.15) is 0 Å². The highest BCUT2D eigenvalue weighted by molar-refractivity contribution is 5.69. The third-order valence-corrected chi connectivity index (χ3v) is 8.42. The Kier molecular flexibility index (Phi) is 36.7. The predicted molar refractivity (Wildman–Crippen MR) is 208 cm³/mol. The summed E-state index contributed by atoms with van der Waals surface area (Å²) in [5, 5.41) is 8.66. The van der Waals surface area contributed by atoms with E-state index >= 15 is 0 Å². The van der Waals surface area contributed by atoms with Gasteiger partial charge in [-0.05, 0) is 83.5 Å². The van der Waals surface area contributed by atoms with Gasteiger partial charge in [0.25, 0.3) is 0 Å². The molecule has 274 valence electrons. The van der Waals surface area contributed by atoms with E-state index in [4.69, 9.17) is 9.84 Å². The Balaban J connectivity index is 3.68. The number of allylic oxidation sites excluding steroid dienone is 12. The quantitative estimate of drug-likeness (QED) is 0.0415. The minimum absolute atomic E-state index is 0.0172. The van der Waals surface area contributed by atoms with Gasteiger partial charge >= 0.3 is 11.9 Å². The Morgan fingerprint density at radius 3 is 1.31 bits per heavy atom. The second kappa shape index (κ2) is 38.8. The number of unbranched alkanes of at least 4 members (excludes halogenated alkanes) is 14. The van der Waals surface area contributed by atoms with Crippen molar-refractivity contribution in [3.8, 4) is 0 Å². The maximum absolute atomic E-state index is 12.4. The van der Waals surface area contributed by atoms with E-state index < -0.39 is 5.97 Å². The number of rotatable bonds is 35. The first kappa shape index (κ1) is 45.4. The van der Waals surface area contributed by atoms with Gasteiger partial charge in [0, 0.05) is 12.8 Å². The van der Waals surface area contributed by atoms with Gasteiger partial charge in [0.2, 0.25) is 0 Å². The lowest BCUT2D eigenvalue weighted by molar-refractivity contribution is -0.150. The highest BCUT2D eigenvalue weighted by atomic mass is 16.5. The fraction of sp³-hybridized carbons (Fsp3) is 0.682. The number of esters is 1. The van der Waals surface area contributed by atoms with E-state index in [9.17, 15) is 9.59 Å². The van der Waals surface area contributed by atoms with Crippen LogP contribution in [0.1, 0.15) is 187 Å². The van der Waals surface area contributed by atoms with Gasteiger partial charge in [0.05, 0.1) is 0 Å². The highest BCUT2D eigenvalue weighted by Crippen LogP contribution is 2.17. The summed E-state index contributed by atoms with van der Waals surface area (Å²) in [6, 6.07) is 0. The Labute approximate surface area is 297 Å². The average Bonchev–Trinajstić information content (AvgIpc) is 3.07. The predicted octanol–water partition coefficient (Wildman–Crippen LogP) is 13.9. The zero-order valence-electron chi connectivity index (χ0n) is 31.3. The number of carboxylic acid groups (broad SMARTS) is 1. The average molecular weight is 667 g/mol. The van der Waals surface area contributed by atoms with Crippen LogP contribution in [0.25, 0.3) is 0 Å². The SMILES string of the molecule is CC/C=C\C/C=C\C/C=C\C/C=C\C/C=C\C/C=C\CCCCC(=O)OC(CCC)CCCCCCCCCCCCCCCC(=O)O. The summed E-state index contributed by atoms with van der Waals surface area (Å²) in [4.78, 5) is 22.9. The summed E-state index contributed by atoms with van der Waals surface area (Å²) >= 11 is 0. The van der Waals surface area contributed by atoms with E-state index in [1.165, 1.54) is 64.2 Å². The summed E-state index contributed by atoms with van der Waals surface area (Å²) in [6.07, 6.45) is 55.6. The molecule has 0 spiro atoms. The molecule has 0 aromatic rings. The Morgan fingerprint density at radius 1 is 0.479 bits per heavy atom. The van der Waals surface area contributed by atoms with Crippen LogP contribution in [-0.4, -0.2) is 23.1 Å². The van der Waals surface area contributed by atoms with E-state index in [1.54, 1.807) is 0 Å². The van der Waals surface area contributed by atoms with E-state index in [-0.39, 0.29) is 12.1 Å². The summed E-state index contributed by atoms with van der Waals surface area (Å²) in [5.41, 5.74) is 0. The van der Waals surface area contributed by atoms with Gasteiger partial charge in [-0.1, -0.05) is 164 Å². The van der Waals surface area contributed by atoms with Crippen LogP contribution in [0.2, 0.25) is 0 Å². The number of carboxylic acids is 1. The Bertz CT molecular complexity index is 892. The normalized spacial score (nSPS) is 13.0. The minimum atomic E-state index is -0.672. The molecule has 4 heteroatoms. The molecule has 0 fully saturated rings. The first-order valence-corrected chi connectivity index (χ1v) is 19.9. The number of carbonyl (C=O) groups excluding carboxylic acids is 1. The van der Waals surface area contributed by atoms with Crippen molar-refractivity contribution in [2.45, 2.75) is 193 Å². The van der Waals surface area contributed by atoms with Crippen molar-refractivity contribution in [1.82, 2.24) is 0 Å². The molecule has 48 heavy (non-hydrogen) atoms. The second-order valence-electron chi connectivity index (χ2n) is 13.1. The molecule has 1 unspecified atom stereocenters. The molecule has 1 N–H and O–H groups in total. The number of aliphatic carboxylic acids is 1. The fourth-order valence-electron chi connectivity index (χ4n) is 5.59. The van der Waals surface area contributed by atoms with Crippen LogP contribution in [0.5, 0.6) is 0 Å². The zero-order chi connectivity index (χ0) is 35.0. The van der Waals surface area contributed by atoms with E-state index in [0.29, 0.717) is 12.8 Å². The van der Waals surface area contributed by atoms with Crippen molar-refractivity contribution >= 4 is 11.9 Å². The molecular weight excluding hydrogens is 592 g/mol. The van der Waals surface area contributed by atoms with E-state index in [0.717, 1.165) is 96.3 Å². The molecule has 0 aliphatic carbocycles. The largest absolute Gasteiger partial charge is 0.481 e. The van der Waals surface area contributed by atoms with Gasteiger partial charge in [-0.25, -0.2) is 0 Å². The molecule has 0 aromatic heterocycles. The summed E-state index contributed by atoms with van der Waals surface area (Å²) in [7, 11) is 0. The van der Waals surface area contributed by atoms with Gasteiger partial charge in [-0.15, -0.1) is 0 Å². The fourth-order valence-corrected chi connectivity index (χ4v) is 5.59. The molecule has 0 amide bonds. The molecule has 0 rings (SSSR count). The molecule has 4 nitrogen and oxygen atoms in total. The number of hydrogen-bond donors (Lipinski definition) is 1. The Morgan fingerprint density at radius 2 is 0.875 bits per heavy atom. The molecule has 0 saturated heterocycles. The first-order chi connectivity index (χ1) is 23.6. The molecular formula is C44H74O4. The lowest BCUT2D eigenvalue weighted by Crippen LogP contribution is -2.18. The molecule has 0 heterocycles. The number of carbonyl (C=O) groups is 2. The van der Waals surface area contributed by atoms with Crippen molar-refractivity contribution in [2.75, 3.05) is 0 Å². The summed E-state index contributed by atoms with van der Waals surface area (Å²) in [6.45, 7) is 4.33. The molecule has 0 saturated carbocycles. The number of hydrogen-bond acceptors (Lipinski definition) is 3. The standard InChI is InChI=1S/C44H74O4/c1-3-5-6-7-8-9-10-11-12-13-14-15-16-17-18-22-25-28-31-34-37-41-44(47)48-42(38-4-2)39-35-32-29-26-23-20-19-21-24-27-30-33-36-40-43(45)46/h5-6,8-9,11-12,14-15,17-18,25,28,42H,3-4,7,10,13,16,19-24,26-27,29-41H2,1-2H3,(H,45,46)/b6-5-,9-8-,12-11-,15-14-,18-17-,28-25-. The van der Waals surface area contributed by atoms with Crippen LogP contribution >= 0.6 is 0 Å². The zero-order valence-corrected chi connectivity index (χ0v) is 31.3. The van der Waals surface area contributed by atoms with Crippen molar-refractivity contribution in [3.63, 3.8) is 0 Å². The first-order valence-electron chi connectivity index (χ1n) is 19.9.